The van der Waals surface area contributed by atoms with E-state index in [4.69, 9.17) is 31.5 Å². The summed E-state index contributed by atoms with van der Waals surface area (Å²) in [5, 5.41) is 4.79. The van der Waals surface area contributed by atoms with E-state index in [-0.39, 0.29) is 0 Å². The van der Waals surface area contributed by atoms with E-state index in [0.717, 1.165) is 48.1 Å². The standard InChI is InChI=1S/C22H26N4O3S/c1-24-21(15-5-7-18(27-2)8-6-15)23-26(22(24)30)14-25-10-9-16-11-19(28-3)20(29-4)12-17(16)13-25/h5-8,11-12H,9-10,13-14H2,1-4H3. The second-order valence-corrected chi connectivity index (χ2v) is 7.68. The van der Waals surface area contributed by atoms with E-state index in [2.05, 4.69) is 17.0 Å². The Hall–Kier alpha value is -2.84. The third-order valence-electron chi connectivity index (χ3n) is 5.52. The largest absolute Gasteiger partial charge is 0.497 e. The molecule has 2 heterocycles. The van der Waals surface area contributed by atoms with Gasteiger partial charge in [0.15, 0.2) is 22.1 Å². The number of rotatable bonds is 6. The van der Waals surface area contributed by atoms with Crippen molar-refractivity contribution in [2.45, 2.75) is 19.6 Å². The van der Waals surface area contributed by atoms with Crippen LogP contribution < -0.4 is 14.2 Å². The first kappa shape index (κ1) is 20.4. The molecule has 0 amide bonds. The lowest BCUT2D eigenvalue weighted by Gasteiger charge is -2.29. The summed E-state index contributed by atoms with van der Waals surface area (Å²) in [7, 11) is 6.95. The maximum absolute atomic E-state index is 5.66. The number of methoxy groups -OCH3 is 3. The van der Waals surface area contributed by atoms with E-state index in [1.807, 2.05) is 40.6 Å². The summed E-state index contributed by atoms with van der Waals surface area (Å²) in [5.74, 6) is 3.19. The Morgan fingerprint density at radius 2 is 1.63 bits per heavy atom. The number of ether oxygens (including phenoxy) is 3. The third-order valence-corrected chi connectivity index (χ3v) is 6.00. The van der Waals surface area contributed by atoms with Crippen molar-refractivity contribution < 1.29 is 14.2 Å². The molecule has 2 aromatic carbocycles. The highest BCUT2D eigenvalue weighted by Crippen LogP contribution is 2.33. The number of aromatic nitrogens is 3. The fourth-order valence-corrected chi connectivity index (χ4v) is 4.01. The van der Waals surface area contributed by atoms with E-state index in [0.29, 0.717) is 11.4 Å². The van der Waals surface area contributed by atoms with Crippen LogP contribution in [-0.2, 0) is 26.7 Å². The SMILES string of the molecule is COc1ccc(-c2nn(CN3CCc4cc(OC)c(OC)cc4C3)c(=S)n2C)cc1. The number of nitrogens with zero attached hydrogens (tertiary/aromatic N) is 4. The van der Waals surface area contributed by atoms with Gasteiger partial charge in [0.05, 0.1) is 28.0 Å². The summed E-state index contributed by atoms with van der Waals surface area (Å²) >= 11 is 5.66. The molecule has 0 bridgehead atoms. The van der Waals surface area contributed by atoms with Gasteiger partial charge in [-0.15, -0.1) is 0 Å². The van der Waals surface area contributed by atoms with Crippen LogP contribution in [0, 0.1) is 4.77 Å². The molecule has 1 aromatic heterocycles. The molecule has 0 spiro atoms. The van der Waals surface area contributed by atoms with Crippen LogP contribution in [0.25, 0.3) is 11.4 Å². The van der Waals surface area contributed by atoms with Crippen molar-refractivity contribution in [2.75, 3.05) is 27.9 Å². The summed E-state index contributed by atoms with van der Waals surface area (Å²) in [6, 6.07) is 12.0. The van der Waals surface area contributed by atoms with E-state index in [1.54, 1.807) is 21.3 Å². The van der Waals surface area contributed by atoms with Gasteiger partial charge in [-0.05, 0) is 66.2 Å². The second kappa shape index (κ2) is 8.49. The molecule has 0 unspecified atom stereocenters. The van der Waals surface area contributed by atoms with E-state index >= 15 is 0 Å². The van der Waals surface area contributed by atoms with Gasteiger partial charge in [-0.2, -0.15) is 5.10 Å². The van der Waals surface area contributed by atoms with Crippen LogP contribution >= 0.6 is 12.2 Å². The predicted molar refractivity (Wildman–Crippen MR) is 118 cm³/mol. The lowest BCUT2D eigenvalue weighted by atomic mass is 9.99. The Balaban J connectivity index is 1.56. The third kappa shape index (κ3) is 3.80. The second-order valence-electron chi connectivity index (χ2n) is 7.31. The summed E-state index contributed by atoms with van der Waals surface area (Å²) in [6.07, 6.45) is 0.946. The van der Waals surface area contributed by atoms with Gasteiger partial charge in [0, 0.05) is 25.7 Å². The molecule has 30 heavy (non-hydrogen) atoms. The quantitative estimate of drug-likeness (QED) is 0.561. The van der Waals surface area contributed by atoms with Gasteiger partial charge < -0.3 is 18.8 Å². The van der Waals surface area contributed by atoms with E-state index in [9.17, 15) is 0 Å². The summed E-state index contributed by atoms with van der Waals surface area (Å²) in [4.78, 5) is 2.34. The Labute approximate surface area is 181 Å². The molecule has 0 N–H and O–H groups in total. The first-order valence-corrected chi connectivity index (χ1v) is 10.2. The normalized spacial score (nSPS) is 13.7. The Morgan fingerprint density at radius 1 is 0.967 bits per heavy atom. The highest BCUT2D eigenvalue weighted by molar-refractivity contribution is 7.71. The minimum Gasteiger partial charge on any atom is -0.497 e. The summed E-state index contributed by atoms with van der Waals surface area (Å²) in [6.45, 7) is 2.38. The van der Waals surface area contributed by atoms with Gasteiger partial charge >= 0.3 is 0 Å². The molecule has 0 saturated carbocycles. The maximum Gasteiger partial charge on any atom is 0.199 e. The van der Waals surface area contributed by atoms with Gasteiger partial charge in [0.25, 0.3) is 0 Å². The van der Waals surface area contributed by atoms with Crippen molar-refractivity contribution in [3.8, 4) is 28.6 Å². The van der Waals surface area contributed by atoms with E-state index < -0.39 is 0 Å². The number of fused-ring (bicyclic) bond motifs is 1. The molecule has 8 heteroatoms. The minimum absolute atomic E-state index is 0.636. The monoisotopic (exact) mass is 426 g/mol. The first-order valence-electron chi connectivity index (χ1n) is 9.78. The maximum atomic E-state index is 5.66. The lowest BCUT2D eigenvalue weighted by Crippen LogP contribution is -2.32. The smallest absolute Gasteiger partial charge is 0.199 e. The van der Waals surface area contributed by atoms with Crippen LogP contribution in [0.1, 0.15) is 11.1 Å². The number of benzene rings is 2. The average molecular weight is 427 g/mol. The molecule has 0 saturated heterocycles. The Morgan fingerprint density at radius 3 is 2.27 bits per heavy atom. The predicted octanol–water partition coefficient (Wildman–Crippen LogP) is 3.66. The van der Waals surface area contributed by atoms with Crippen molar-refractivity contribution in [3.63, 3.8) is 0 Å². The van der Waals surface area contributed by atoms with Gasteiger partial charge in [0.1, 0.15) is 5.75 Å². The van der Waals surface area contributed by atoms with Crippen LogP contribution in [0.15, 0.2) is 36.4 Å². The molecule has 158 valence electrons. The molecule has 0 fully saturated rings. The highest BCUT2D eigenvalue weighted by Gasteiger charge is 2.21. The fraction of sp³-hybridized carbons (Fsp3) is 0.364. The summed E-state index contributed by atoms with van der Waals surface area (Å²) in [5.41, 5.74) is 3.55. The molecule has 0 aliphatic carbocycles. The van der Waals surface area contributed by atoms with Crippen LogP contribution in [0.3, 0.4) is 0 Å². The van der Waals surface area contributed by atoms with E-state index in [1.165, 1.54) is 11.1 Å². The van der Waals surface area contributed by atoms with Crippen molar-refractivity contribution >= 4 is 12.2 Å². The van der Waals surface area contributed by atoms with Gasteiger partial charge in [0.2, 0.25) is 0 Å². The molecular weight excluding hydrogens is 400 g/mol. The molecule has 0 atom stereocenters. The molecule has 0 radical (unpaired) electrons. The minimum atomic E-state index is 0.636. The van der Waals surface area contributed by atoms with Gasteiger partial charge in [-0.1, -0.05) is 0 Å². The van der Waals surface area contributed by atoms with Crippen molar-refractivity contribution in [2.24, 2.45) is 7.05 Å². The number of hydrogen-bond donors (Lipinski definition) is 0. The molecular formula is C22H26N4O3S. The van der Waals surface area contributed by atoms with Crippen molar-refractivity contribution in [1.29, 1.82) is 0 Å². The topological polar surface area (TPSA) is 53.7 Å². The van der Waals surface area contributed by atoms with Crippen LogP contribution in [0.5, 0.6) is 17.2 Å². The van der Waals surface area contributed by atoms with Gasteiger partial charge in [-0.25, -0.2) is 4.68 Å². The Bertz CT molecular complexity index is 1100. The molecule has 7 nitrogen and oxygen atoms in total. The lowest BCUT2D eigenvalue weighted by molar-refractivity contribution is 0.187. The van der Waals surface area contributed by atoms with Gasteiger partial charge in [-0.3, -0.25) is 4.90 Å². The highest BCUT2D eigenvalue weighted by atomic mass is 32.1. The zero-order chi connectivity index (χ0) is 21.3. The van der Waals surface area contributed by atoms with Crippen LogP contribution in [-0.4, -0.2) is 47.1 Å². The Kier molecular flexibility index (Phi) is 5.78. The zero-order valence-electron chi connectivity index (χ0n) is 17.7. The number of hydrogen-bond acceptors (Lipinski definition) is 6. The zero-order valence-corrected chi connectivity index (χ0v) is 18.5. The van der Waals surface area contributed by atoms with Crippen molar-refractivity contribution in [3.05, 3.63) is 52.3 Å². The molecule has 1 aliphatic heterocycles. The molecule has 4 rings (SSSR count). The molecule has 3 aromatic rings. The van der Waals surface area contributed by atoms with Crippen LogP contribution in [0.4, 0.5) is 0 Å². The molecule has 1 aliphatic rings. The average Bonchev–Trinajstić information content (AvgIpc) is 3.06. The van der Waals surface area contributed by atoms with Crippen molar-refractivity contribution in [1.82, 2.24) is 19.2 Å². The van der Waals surface area contributed by atoms with Crippen LogP contribution in [0.2, 0.25) is 0 Å². The summed E-state index contributed by atoms with van der Waals surface area (Å²) < 4.78 is 20.7. The fourth-order valence-electron chi connectivity index (χ4n) is 3.82. The first-order chi connectivity index (χ1) is 14.5.